The molecule has 13 heavy (non-hydrogen) atoms. The highest BCUT2D eigenvalue weighted by Gasteiger charge is 2.10. The molecule has 0 spiro atoms. The fourth-order valence-corrected chi connectivity index (χ4v) is 1.13. The van der Waals surface area contributed by atoms with Crippen LogP contribution in [-0.2, 0) is 10.6 Å². The van der Waals surface area contributed by atoms with Crippen LogP contribution in [0.5, 0.6) is 0 Å². The molecule has 1 heterocycles. The summed E-state index contributed by atoms with van der Waals surface area (Å²) in [5.41, 5.74) is 0.376. The second-order valence-electron chi connectivity index (χ2n) is 2.34. The molecule has 0 atom stereocenters. The average Bonchev–Trinajstić information content (AvgIpc) is 2.16. The number of hydrogen-bond acceptors (Lipinski definition) is 3. The Morgan fingerprint density at radius 2 is 2.31 bits per heavy atom. The monoisotopic (exact) mass is 201 g/mol. The lowest BCUT2D eigenvalue weighted by Crippen LogP contribution is -2.13. The van der Waals surface area contributed by atoms with Gasteiger partial charge in [0, 0.05) is 11.8 Å². The smallest absolute Gasteiger partial charge is 0.339 e. The molecule has 70 valence electrons. The number of hydrogen-bond donors (Lipinski definition) is 1. The van der Waals surface area contributed by atoms with Crippen LogP contribution in [0.1, 0.15) is 16.1 Å². The van der Waals surface area contributed by atoms with Crippen LogP contribution in [0.2, 0.25) is 0 Å². The fourth-order valence-electron chi connectivity index (χ4n) is 0.924. The van der Waals surface area contributed by atoms with Crippen LogP contribution in [0.4, 0.5) is 0 Å². The van der Waals surface area contributed by atoms with Crippen LogP contribution in [0.3, 0.4) is 0 Å². The topological polar surface area (TPSA) is 59.2 Å². The predicted molar refractivity (Wildman–Crippen MR) is 48.0 cm³/mol. The van der Waals surface area contributed by atoms with Crippen molar-refractivity contribution in [1.29, 1.82) is 0 Å². The molecule has 0 saturated heterocycles. The lowest BCUT2D eigenvalue weighted by atomic mass is 10.2. The molecular weight excluding hydrogens is 194 g/mol. The SMILES string of the molecule is COC(=O)c1ccc(=O)[nH]c1CCl. The highest BCUT2D eigenvalue weighted by molar-refractivity contribution is 6.17. The summed E-state index contributed by atoms with van der Waals surface area (Å²) in [6.45, 7) is 0. The quantitative estimate of drug-likeness (QED) is 0.571. The third-order valence-electron chi connectivity index (χ3n) is 1.54. The molecule has 0 fully saturated rings. The van der Waals surface area contributed by atoms with E-state index in [2.05, 4.69) is 9.72 Å². The largest absolute Gasteiger partial charge is 0.465 e. The second-order valence-corrected chi connectivity index (χ2v) is 2.61. The Balaban J connectivity index is 3.21. The van der Waals surface area contributed by atoms with Crippen molar-refractivity contribution in [3.8, 4) is 0 Å². The van der Waals surface area contributed by atoms with E-state index in [-0.39, 0.29) is 17.0 Å². The van der Waals surface area contributed by atoms with Gasteiger partial charge in [0.05, 0.1) is 18.6 Å². The Kier molecular flexibility index (Phi) is 3.08. The van der Waals surface area contributed by atoms with E-state index in [0.29, 0.717) is 5.69 Å². The van der Waals surface area contributed by atoms with Crippen LogP contribution in [0, 0.1) is 0 Å². The molecule has 0 aromatic carbocycles. The lowest BCUT2D eigenvalue weighted by molar-refractivity contribution is 0.0599. The summed E-state index contributed by atoms with van der Waals surface area (Å²) in [7, 11) is 1.27. The van der Waals surface area contributed by atoms with Crippen molar-refractivity contribution in [1.82, 2.24) is 4.98 Å². The first-order valence-corrected chi connectivity index (χ1v) is 4.09. The summed E-state index contributed by atoms with van der Waals surface area (Å²) in [6.07, 6.45) is 0. The van der Waals surface area contributed by atoms with Crippen molar-refractivity contribution < 1.29 is 9.53 Å². The average molecular weight is 202 g/mol. The zero-order valence-electron chi connectivity index (χ0n) is 6.96. The van der Waals surface area contributed by atoms with E-state index in [1.54, 1.807) is 0 Å². The van der Waals surface area contributed by atoms with Gasteiger partial charge in [0.1, 0.15) is 0 Å². The second kappa shape index (κ2) is 4.09. The highest BCUT2D eigenvalue weighted by Crippen LogP contribution is 2.07. The summed E-state index contributed by atoms with van der Waals surface area (Å²) in [6, 6.07) is 2.64. The van der Waals surface area contributed by atoms with E-state index in [1.807, 2.05) is 0 Å². The van der Waals surface area contributed by atoms with Crippen molar-refractivity contribution in [3.05, 3.63) is 33.7 Å². The van der Waals surface area contributed by atoms with Crippen molar-refractivity contribution in [2.24, 2.45) is 0 Å². The van der Waals surface area contributed by atoms with Gasteiger partial charge in [-0.05, 0) is 6.07 Å². The van der Waals surface area contributed by atoms with Crippen molar-refractivity contribution >= 4 is 17.6 Å². The molecule has 1 aromatic rings. The number of pyridine rings is 1. The number of alkyl halides is 1. The van der Waals surface area contributed by atoms with Crippen LogP contribution >= 0.6 is 11.6 Å². The fraction of sp³-hybridized carbons (Fsp3) is 0.250. The van der Waals surface area contributed by atoms with Gasteiger partial charge in [-0.2, -0.15) is 0 Å². The minimum atomic E-state index is -0.508. The minimum absolute atomic E-state index is 0.0700. The molecule has 0 aliphatic rings. The molecule has 0 unspecified atom stereocenters. The van der Waals surface area contributed by atoms with E-state index < -0.39 is 5.97 Å². The van der Waals surface area contributed by atoms with E-state index in [9.17, 15) is 9.59 Å². The molecule has 0 aliphatic carbocycles. The van der Waals surface area contributed by atoms with Crippen LogP contribution in [0.15, 0.2) is 16.9 Å². The number of esters is 1. The zero-order chi connectivity index (χ0) is 9.84. The van der Waals surface area contributed by atoms with Gasteiger partial charge >= 0.3 is 5.97 Å². The number of carbonyl (C=O) groups is 1. The molecule has 0 radical (unpaired) electrons. The maximum Gasteiger partial charge on any atom is 0.339 e. The van der Waals surface area contributed by atoms with E-state index in [1.165, 1.54) is 19.2 Å². The molecule has 0 bridgehead atoms. The first-order valence-electron chi connectivity index (χ1n) is 3.55. The summed E-state index contributed by atoms with van der Waals surface area (Å²) in [4.78, 5) is 24.4. The molecule has 1 rings (SSSR count). The van der Waals surface area contributed by atoms with Crippen LogP contribution < -0.4 is 5.56 Å². The Morgan fingerprint density at radius 3 is 2.85 bits per heavy atom. The van der Waals surface area contributed by atoms with E-state index in [0.717, 1.165) is 0 Å². The third-order valence-corrected chi connectivity index (χ3v) is 1.81. The Morgan fingerprint density at radius 1 is 1.62 bits per heavy atom. The number of ether oxygens (including phenoxy) is 1. The minimum Gasteiger partial charge on any atom is -0.465 e. The predicted octanol–water partition coefficient (Wildman–Crippen LogP) is 0.900. The number of aromatic nitrogens is 1. The number of carbonyl (C=O) groups excluding carboxylic acids is 1. The Bertz CT molecular complexity index is 372. The van der Waals surface area contributed by atoms with Gasteiger partial charge in [-0.1, -0.05) is 0 Å². The Labute approximate surface area is 79.5 Å². The molecule has 0 aliphatic heterocycles. The third kappa shape index (κ3) is 2.09. The number of rotatable bonds is 2. The normalized spacial score (nSPS) is 9.69. The number of halogens is 1. The molecule has 0 amide bonds. The summed E-state index contributed by atoms with van der Waals surface area (Å²) in [5.74, 6) is -0.438. The summed E-state index contributed by atoms with van der Waals surface area (Å²) in [5, 5.41) is 0. The maximum absolute atomic E-state index is 11.1. The number of nitrogens with one attached hydrogen (secondary N) is 1. The van der Waals surface area contributed by atoms with Gasteiger partial charge in [-0.15, -0.1) is 11.6 Å². The number of methoxy groups -OCH3 is 1. The van der Waals surface area contributed by atoms with Crippen LogP contribution in [-0.4, -0.2) is 18.1 Å². The first-order chi connectivity index (χ1) is 6.19. The molecule has 1 aromatic heterocycles. The first kappa shape index (κ1) is 9.80. The zero-order valence-corrected chi connectivity index (χ0v) is 7.72. The lowest BCUT2D eigenvalue weighted by Gasteiger charge is -2.03. The molecule has 1 N–H and O–H groups in total. The highest BCUT2D eigenvalue weighted by atomic mass is 35.5. The standard InChI is InChI=1S/C8H8ClNO3/c1-13-8(12)5-2-3-7(11)10-6(5)4-9/h2-3H,4H2,1H3,(H,10,11). The van der Waals surface area contributed by atoms with Gasteiger partial charge in [-0.25, -0.2) is 4.79 Å². The molecular formula is C8H8ClNO3. The van der Waals surface area contributed by atoms with E-state index in [4.69, 9.17) is 11.6 Å². The number of aromatic amines is 1. The van der Waals surface area contributed by atoms with Crippen molar-refractivity contribution in [2.75, 3.05) is 7.11 Å². The summed E-state index contributed by atoms with van der Waals surface area (Å²) < 4.78 is 4.50. The Hall–Kier alpha value is -1.29. The van der Waals surface area contributed by atoms with Gasteiger partial charge in [0.2, 0.25) is 5.56 Å². The van der Waals surface area contributed by atoms with Gasteiger partial charge < -0.3 is 9.72 Å². The van der Waals surface area contributed by atoms with Gasteiger partial charge in [0.25, 0.3) is 0 Å². The van der Waals surface area contributed by atoms with Gasteiger partial charge in [0.15, 0.2) is 0 Å². The molecule has 0 saturated carbocycles. The molecule has 4 nitrogen and oxygen atoms in total. The van der Waals surface area contributed by atoms with Crippen LogP contribution in [0.25, 0.3) is 0 Å². The van der Waals surface area contributed by atoms with Gasteiger partial charge in [-0.3, -0.25) is 4.79 Å². The van der Waals surface area contributed by atoms with Crippen molar-refractivity contribution in [2.45, 2.75) is 5.88 Å². The van der Waals surface area contributed by atoms with E-state index >= 15 is 0 Å². The number of H-pyrrole nitrogens is 1. The maximum atomic E-state index is 11.1. The molecule has 5 heteroatoms. The van der Waals surface area contributed by atoms with Crippen molar-refractivity contribution in [3.63, 3.8) is 0 Å². The summed E-state index contributed by atoms with van der Waals surface area (Å²) >= 11 is 5.53.